The Bertz CT molecular complexity index is 732. The van der Waals surface area contributed by atoms with Crippen LogP contribution in [-0.4, -0.2) is 28.7 Å². The summed E-state index contributed by atoms with van der Waals surface area (Å²) in [5, 5.41) is 1.37. The van der Waals surface area contributed by atoms with Gasteiger partial charge in [-0.25, -0.2) is 0 Å². The third-order valence-corrected chi connectivity index (χ3v) is 6.11. The van der Waals surface area contributed by atoms with E-state index in [1.807, 2.05) is 0 Å². The van der Waals surface area contributed by atoms with Crippen molar-refractivity contribution < 1.29 is 4.74 Å². The van der Waals surface area contributed by atoms with Crippen LogP contribution in [0.5, 0.6) is 5.75 Å². The van der Waals surface area contributed by atoms with Crippen molar-refractivity contribution in [1.29, 1.82) is 0 Å². The molecule has 5 rings (SSSR count). The van der Waals surface area contributed by atoms with Crippen LogP contribution in [0.15, 0.2) is 18.2 Å². The maximum absolute atomic E-state index is 6.76. The first-order chi connectivity index (χ1) is 10.8. The number of piperidine rings is 2. The Morgan fingerprint density at radius 3 is 3.09 bits per heavy atom. The van der Waals surface area contributed by atoms with Crippen LogP contribution in [0.1, 0.15) is 43.4 Å². The zero-order chi connectivity index (χ0) is 14.7. The molecule has 2 saturated heterocycles. The van der Waals surface area contributed by atoms with E-state index in [9.17, 15) is 0 Å². The smallest absolute Gasteiger partial charge is 0.166 e. The predicted octanol–water partition coefficient (Wildman–Crippen LogP) is 4.00. The highest BCUT2D eigenvalue weighted by Crippen LogP contribution is 2.49. The average molecular weight is 296 g/mol. The molecular formula is C19H24N2O. The highest BCUT2D eigenvalue weighted by atomic mass is 16.5. The summed E-state index contributed by atoms with van der Waals surface area (Å²) in [4.78, 5) is 6.12. The first kappa shape index (κ1) is 13.0. The van der Waals surface area contributed by atoms with Crippen molar-refractivity contribution in [2.24, 2.45) is 5.92 Å². The summed E-state index contributed by atoms with van der Waals surface area (Å²) in [5.74, 6) is 1.80. The van der Waals surface area contributed by atoms with Crippen molar-refractivity contribution in [3.05, 3.63) is 29.5 Å². The molecule has 1 spiro atoms. The second kappa shape index (κ2) is 4.51. The zero-order valence-corrected chi connectivity index (χ0v) is 13.3. The molecule has 3 aliphatic rings. The third kappa shape index (κ3) is 1.66. The molecule has 0 radical (unpaired) electrons. The summed E-state index contributed by atoms with van der Waals surface area (Å²) < 4.78 is 6.76. The zero-order valence-electron chi connectivity index (χ0n) is 13.3. The fourth-order valence-electron chi connectivity index (χ4n) is 5.13. The number of benzene rings is 1. The molecular weight excluding hydrogens is 272 g/mol. The number of hydrogen-bond donors (Lipinski definition) is 1. The van der Waals surface area contributed by atoms with E-state index in [1.54, 1.807) is 0 Å². The van der Waals surface area contributed by atoms with Crippen LogP contribution in [-0.2, 0) is 6.42 Å². The van der Waals surface area contributed by atoms with Crippen LogP contribution < -0.4 is 4.74 Å². The lowest BCUT2D eigenvalue weighted by Gasteiger charge is -2.56. The van der Waals surface area contributed by atoms with Crippen molar-refractivity contribution in [2.45, 2.75) is 51.2 Å². The van der Waals surface area contributed by atoms with Crippen LogP contribution in [0.2, 0.25) is 0 Å². The van der Waals surface area contributed by atoms with Crippen LogP contribution in [0, 0.1) is 12.8 Å². The summed E-state index contributed by atoms with van der Waals surface area (Å²) >= 11 is 0. The Hall–Kier alpha value is -1.48. The highest BCUT2D eigenvalue weighted by Gasteiger charge is 2.52. The molecule has 3 nitrogen and oxygen atoms in total. The van der Waals surface area contributed by atoms with Gasteiger partial charge in [-0.3, -0.25) is 4.90 Å². The predicted molar refractivity (Wildman–Crippen MR) is 88.2 cm³/mol. The minimum Gasteiger partial charge on any atom is -0.472 e. The van der Waals surface area contributed by atoms with E-state index in [-0.39, 0.29) is 5.72 Å². The summed E-state index contributed by atoms with van der Waals surface area (Å²) in [7, 11) is 0. The van der Waals surface area contributed by atoms with E-state index < -0.39 is 0 Å². The molecule has 0 saturated carbocycles. The summed E-state index contributed by atoms with van der Waals surface area (Å²) in [5.41, 5.74) is 3.94. The lowest BCUT2D eigenvalue weighted by atomic mass is 9.74. The summed E-state index contributed by atoms with van der Waals surface area (Å²) in [6, 6.07) is 6.67. The van der Waals surface area contributed by atoms with E-state index in [0.29, 0.717) is 5.92 Å². The largest absolute Gasteiger partial charge is 0.472 e. The van der Waals surface area contributed by atoms with E-state index >= 15 is 0 Å². The molecule has 0 bridgehead atoms. The molecule has 2 atom stereocenters. The van der Waals surface area contributed by atoms with Gasteiger partial charge in [-0.1, -0.05) is 0 Å². The molecule has 4 heterocycles. The average Bonchev–Trinajstić information content (AvgIpc) is 2.92. The van der Waals surface area contributed by atoms with Gasteiger partial charge in [0.1, 0.15) is 5.75 Å². The Morgan fingerprint density at radius 2 is 2.14 bits per heavy atom. The maximum Gasteiger partial charge on any atom is 0.166 e. The van der Waals surface area contributed by atoms with E-state index in [2.05, 4.69) is 35.0 Å². The Kier molecular flexibility index (Phi) is 2.67. The number of nitrogens with one attached hydrogen (secondary N) is 1. The fraction of sp³-hybridized carbons (Fsp3) is 0.579. The number of H-pyrrole nitrogens is 1. The minimum atomic E-state index is 0.00251. The molecule has 1 aromatic carbocycles. The van der Waals surface area contributed by atoms with E-state index in [0.717, 1.165) is 5.75 Å². The van der Waals surface area contributed by atoms with Crippen molar-refractivity contribution in [3.63, 3.8) is 0 Å². The molecule has 1 N–H and O–H groups in total. The quantitative estimate of drug-likeness (QED) is 0.796. The first-order valence-corrected chi connectivity index (χ1v) is 8.81. The Morgan fingerprint density at radius 1 is 1.23 bits per heavy atom. The van der Waals surface area contributed by atoms with Gasteiger partial charge in [-0.05, 0) is 57.2 Å². The number of aryl methyl sites for hydroxylation is 1. The topological polar surface area (TPSA) is 28.3 Å². The number of aromatic amines is 1. The molecule has 2 aromatic rings. The standard InChI is InChI=1S/C19H24N2O/c1-13-11-15-16-12-14-5-4-10-21-9-3-2-8-19(14,21)22-18(16)7-6-17(15)20-13/h6-7,11,14,20H,2-5,8-10,12H2,1H3. The van der Waals surface area contributed by atoms with Gasteiger partial charge in [0.2, 0.25) is 0 Å². The molecule has 3 heteroatoms. The lowest BCUT2D eigenvalue weighted by Crippen LogP contribution is -2.64. The lowest BCUT2D eigenvalue weighted by molar-refractivity contribution is -0.177. The minimum absolute atomic E-state index is 0.00251. The van der Waals surface area contributed by atoms with Gasteiger partial charge >= 0.3 is 0 Å². The van der Waals surface area contributed by atoms with Gasteiger partial charge < -0.3 is 9.72 Å². The normalized spacial score (nSPS) is 31.2. The van der Waals surface area contributed by atoms with E-state index in [1.165, 1.54) is 73.8 Å². The van der Waals surface area contributed by atoms with Gasteiger partial charge in [-0.2, -0.15) is 0 Å². The molecule has 2 fully saturated rings. The molecule has 0 aliphatic carbocycles. The van der Waals surface area contributed by atoms with Crippen molar-refractivity contribution in [3.8, 4) is 5.75 Å². The molecule has 0 amide bonds. The molecule has 3 aliphatic heterocycles. The SMILES string of the molecule is Cc1cc2c3c(ccc2[nH]1)OC12CCCCN1CCCC2C3. The van der Waals surface area contributed by atoms with Crippen LogP contribution >= 0.6 is 0 Å². The summed E-state index contributed by atoms with van der Waals surface area (Å²) in [6.45, 7) is 4.58. The third-order valence-electron chi connectivity index (χ3n) is 6.11. The van der Waals surface area contributed by atoms with Crippen LogP contribution in [0.25, 0.3) is 10.9 Å². The number of aromatic nitrogens is 1. The number of hydrogen-bond acceptors (Lipinski definition) is 2. The van der Waals surface area contributed by atoms with Crippen LogP contribution in [0.4, 0.5) is 0 Å². The highest BCUT2D eigenvalue weighted by molar-refractivity contribution is 5.86. The summed E-state index contributed by atoms with van der Waals surface area (Å²) in [6.07, 6.45) is 7.68. The Labute approximate surface area is 131 Å². The molecule has 1 aromatic heterocycles. The van der Waals surface area contributed by atoms with E-state index in [4.69, 9.17) is 4.74 Å². The number of ether oxygens (including phenoxy) is 1. The van der Waals surface area contributed by atoms with Gasteiger partial charge in [0.25, 0.3) is 0 Å². The van der Waals surface area contributed by atoms with Gasteiger partial charge in [-0.15, -0.1) is 0 Å². The molecule has 2 unspecified atom stereocenters. The fourth-order valence-corrected chi connectivity index (χ4v) is 5.13. The Balaban J connectivity index is 1.65. The van der Waals surface area contributed by atoms with Crippen molar-refractivity contribution in [2.75, 3.05) is 13.1 Å². The number of rotatable bonds is 0. The molecule has 22 heavy (non-hydrogen) atoms. The van der Waals surface area contributed by atoms with Gasteiger partial charge in [0, 0.05) is 47.6 Å². The second-order valence-electron chi connectivity index (χ2n) is 7.39. The maximum atomic E-state index is 6.76. The van der Waals surface area contributed by atoms with Crippen LogP contribution in [0.3, 0.4) is 0 Å². The number of nitrogens with zero attached hydrogens (tertiary/aromatic N) is 1. The number of fused-ring (bicyclic) bond motifs is 3. The first-order valence-electron chi connectivity index (χ1n) is 8.81. The van der Waals surface area contributed by atoms with Gasteiger partial charge in [0.15, 0.2) is 5.72 Å². The van der Waals surface area contributed by atoms with Crippen molar-refractivity contribution >= 4 is 10.9 Å². The monoisotopic (exact) mass is 296 g/mol. The van der Waals surface area contributed by atoms with Gasteiger partial charge in [0.05, 0.1) is 0 Å². The second-order valence-corrected chi connectivity index (χ2v) is 7.39. The van der Waals surface area contributed by atoms with Crippen molar-refractivity contribution in [1.82, 2.24) is 9.88 Å². The molecule has 116 valence electrons.